The predicted molar refractivity (Wildman–Crippen MR) is 122 cm³/mol. The molecule has 172 valence electrons. The molecule has 0 bridgehead atoms. The highest BCUT2D eigenvalue weighted by Gasteiger charge is 2.16. The number of aryl methyl sites for hydroxylation is 1. The first-order valence-corrected chi connectivity index (χ1v) is 10.4. The molecular formula is C24H31N3O5. The number of benzene rings is 2. The molecule has 3 amide bonds. The molecule has 32 heavy (non-hydrogen) atoms. The molecule has 2 aromatic rings. The first kappa shape index (κ1) is 24.7. The summed E-state index contributed by atoms with van der Waals surface area (Å²) in [5.41, 5.74) is 1.81. The zero-order valence-electron chi connectivity index (χ0n) is 19.0. The van der Waals surface area contributed by atoms with E-state index in [-0.39, 0.29) is 24.9 Å². The van der Waals surface area contributed by atoms with Crippen LogP contribution in [0, 0.1) is 0 Å². The summed E-state index contributed by atoms with van der Waals surface area (Å²) in [5, 5.41) is 8.00. The van der Waals surface area contributed by atoms with Crippen LogP contribution in [0.15, 0.2) is 48.5 Å². The van der Waals surface area contributed by atoms with Crippen molar-refractivity contribution in [3.63, 3.8) is 0 Å². The third kappa shape index (κ3) is 9.07. The summed E-state index contributed by atoms with van der Waals surface area (Å²) in [6.07, 6.45) is 0.235. The van der Waals surface area contributed by atoms with Gasteiger partial charge in [-0.25, -0.2) is 4.79 Å². The van der Waals surface area contributed by atoms with Gasteiger partial charge in [-0.15, -0.1) is 0 Å². The van der Waals surface area contributed by atoms with Gasteiger partial charge in [0.1, 0.15) is 17.9 Å². The number of hydrogen-bond acceptors (Lipinski definition) is 5. The van der Waals surface area contributed by atoms with Gasteiger partial charge in [0.2, 0.25) is 11.8 Å². The van der Waals surface area contributed by atoms with E-state index in [1.54, 1.807) is 46.1 Å². The van der Waals surface area contributed by atoms with Gasteiger partial charge in [-0.3, -0.25) is 9.59 Å². The zero-order valence-corrected chi connectivity index (χ0v) is 19.0. The van der Waals surface area contributed by atoms with E-state index in [0.717, 1.165) is 16.9 Å². The van der Waals surface area contributed by atoms with Crippen LogP contribution in [0.4, 0.5) is 10.5 Å². The average molecular weight is 442 g/mol. The normalized spacial score (nSPS) is 10.8. The Balaban J connectivity index is 1.78. The predicted octanol–water partition coefficient (Wildman–Crippen LogP) is 3.41. The van der Waals surface area contributed by atoms with Gasteiger partial charge in [-0.2, -0.15) is 0 Å². The van der Waals surface area contributed by atoms with E-state index in [1.165, 1.54) is 0 Å². The number of anilines is 1. The minimum absolute atomic E-state index is 0.112. The lowest BCUT2D eigenvalue weighted by atomic mass is 10.1. The lowest BCUT2D eigenvalue weighted by molar-refractivity contribution is -0.120. The molecule has 0 fully saturated rings. The van der Waals surface area contributed by atoms with Crippen LogP contribution in [0.5, 0.6) is 5.75 Å². The van der Waals surface area contributed by atoms with Crippen molar-refractivity contribution in [2.24, 2.45) is 0 Å². The van der Waals surface area contributed by atoms with Gasteiger partial charge in [0, 0.05) is 18.7 Å². The maximum atomic E-state index is 12.3. The Labute approximate surface area is 188 Å². The van der Waals surface area contributed by atoms with E-state index < -0.39 is 11.7 Å². The van der Waals surface area contributed by atoms with Crippen molar-refractivity contribution in [1.82, 2.24) is 10.6 Å². The summed E-state index contributed by atoms with van der Waals surface area (Å²) in [5.74, 6) is 0.306. The first-order valence-electron chi connectivity index (χ1n) is 10.4. The van der Waals surface area contributed by atoms with Crippen LogP contribution in [-0.4, -0.2) is 37.2 Å². The molecule has 0 aliphatic carbocycles. The number of ether oxygens (including phenoxy) is 2. The summed E-state index contributed by atoms with van der Waals surface area (Å²) in [7, 11) is 1.61. The van der Waals surface area contributed by atoms with Gasteiger partial charge in [0.25, 0.3) is 0 Å². The first-order chi connectivity index (χ1) is 15.2. The Morgan fingerprint density at radius 3 is 2.41 bits per heavy atom. The van der Waals surface area contributed by atoms with Crippen molar-refractivity contribution < 1.29 is 23.9 Å². The second kappa shape index (κ2) is 11.7. The molecule has 0 saturated heterocycles. The smallest absolute Gasteiger partial charge is 0.408 e. The second-order valence-corrected chi connectivity index (χ2v) is 8.19. The number of methoxy groups -OCH3 is 1. The number of para-hydroxylation sites is 1. The van der Waals surface area contributed by atoms with Crippen molar-refractivity contribution in [2.45, 2.75) is 45.8 Å². The number of alkyl carbamates (subject to hydrolysis) is 1. The molecule has 3 N–H and O–H groups in total. The molecule has 0 atom stereocenters. The molecule has 0 heterocycles. The van der Waals surface area contributed by atoms with Crippen LogP contribution in [0.25, 0.3) is 0 Å². The van der Waals surface area contributed by atoms with Gasteiger partial charge in [0.15, 0.2) is 0 Å². The highest BCUT2D eigenvalue weighted by atomic mass is 16.6. The number of rotatable bonds is 9. The Hall–Kier alpha value is -3.55. The maximum absolute atomic E-state index is 12.3. The number of carbonyl (C=O) groups is 3. The molecule has 0 radical (unpaired) electrons. The summed E-state index contributed by atoms with van der Waals surface area (Å²) in [4.78, 5) is 35.9. The fourth-order valence-corrected chi connectivity index (χ4v) is 2.87. The van der Waals surface area contributed by atoms with Gasteiger partial charge in [-0.05, 0) is 56.5 Å². The lowest BCUT2D eigenvalue weighted by Crippen LogP contribution is -2.39. The highest BCUT2D eigenvalue weighted by molar-refractivity contribution is 5.91. The van der Waals surface area contributed by atoms with Crippen LogP contribution in [0.3, 0.4) is 0 Å². The average Bonchev–Trinajstić information content (AvgIpc) is 2.74. The molecular weight excluding hydrogens is 410 g/mol. The number of hydrogen-bond donors (Lipinski definition) is 3. The van der Waals surface area contributed by atoms with Gasteiger partial charge in [-0.1, -0.05) is 30.3 Å². The summed E-state index contributed by atoms with van der Waals surface area (Å²) in [6.45, 7) is 5.32. The van der Waals surface area contributed by atoms with E-state index in [4.69, 9.17) is 9.47 Å². The van der Waals surface area contributed by atoms with Crippen LogP contribution < -0.4 is 20.7 Å². The Bertz CT molecular complexity index is 937. The van der Waals surface area contributed by atoms with Crippen molar-refractivity contribution in [1.29, 1.82) is 0 Å². The monoisotopic (exact) mass is 441 g/mol. The van der Waals surface area contributed by atoms with Gasteiger partial charge < -0.3 is 25.4 Å². The molecule has 8 heteroatoms. The largest absolute Gasteiger partial charge is 0.496 e. The fourth-order valence-electron chi connectivity index (χ4n) is 2.87. The molecule has 2 aromatic carbocycles. The number of nitrogens with one attached hydrogen (secondary N) is 3. The maximum Gasteiger partial charge on any atom is 0.408 e. The molecule has 0 aliphatic heterocycles. The summed E-state index contributed by atoms with van der Waals surface area (Å²) >= 11 is 0. The molecule has 2 rings (SSSR count). The number of carbonyl (C=O) groups excluding carboxylic acids is 3. The molecule has 0 saturated carbocycles. The van der Waals surface area contributed by atoms with Crippen LogP contribution in [0.2, 0.25) is 0 Å². The van der Waals surface area contributed by atoms with Crippen LogP contribution in [-0.2, 0) is 27.3 Å². The second-order valence-electron chi connectivity index (χ2n) is 8.19. The molecule has 0 aliphatic rings. The van der Waals surface area contributed by atoms with E-state index >= 15 is 0 Å². The van der Waals surface area contributed by atoms with Crippen LogP contribution >= 0.6 is 0 Å². The van der Waals surface area contributed by atoms with E-state index in [9.17, 15) is 14.4 Å². The summed E-state index contributed by atoms with van der Waals surface area (Å²) < 4.78 is 10.4. The van der Waals surface area contributed by atoms with E-state index in [0.29, 0.717) is 18.5 Å². The molecule has 0 aromatic heterocycles. The summed E-state index contributed by atoms with van der Waals surface area (Å²) in [6, 6.07) is 14.8. The fraction of sp³-hybridized carbons (Fsp3) is 0.375. The molecule has 0 spiro atoms. The minimum Gasteiger partial charge on any atom is -0.496 e. The quantitative estimate of drug-likeness (QED) is 0.553. The van der Waals surface area contributed by atoms with Crippen molar-refractivity contribution in [3.8, 4) is 5.75 Å². The Kier molecular flexibility index (Phi) is 9.07. The number of amides is 3. The van der Waals surface area contributed by atoms with Crippen molar-refractivity contribution >= 4 is 23.6 Å². The Morgan fingerprint density at radius 2 is 1.69 bits per heavy atom. The van der Waals surface area contributed by atoms with E-state index in [2.05, 4.69) is 16.0 Å². The van der Waals surface area contributed by atoms with Gasteiger partial charge in [0.05, 0.1) is 7.11 Å². The highest BCUT2D eigenvalue weighted by Crippen LogP contribution is 2.19. The SMILES string of the molecule is COc1ccccc1CCC(=O)Nc1cccc(CNC(=O)CNC(=O)OC(C)(C)C)c1. The molecule has 8 nitrogen and oxygen atoms in total. The minimum atomic E-state index is -0.648. The lowest BCUT2D eigenvalue weighted by Gasteiger charge is -2.19. The topological polar surface area (TPSA) is 106 Å². The van der Waals surface area contributed by atoms with Crippen molar-refractivity contribution in [2.75, 3.05) is 19.0 Å². The third-order valence-electron chi connectivity index (χ3n) is 4.31. The zero-order chi connectivity index (χ0) is 23.6. The standard InChI is InChI=1S/C24H31N3O5/c1-24(2,3)32-23(30)26-16-22(29)25-15-17-8-7-10-19(14-17)27-21(28)13-12-18-9-5-6-11-20(18)31-4/h5-11,14H,12-13,15-16H2,1-4H3,(H,25,29)(H,26,30)(H,27,28). The van der Waals surface area contributed by atoms with Gasteiger partial charge >= 0.3 is 6.09 Å². The van der Waals surface area contributed by atoms with E-state index in [1.807, 2.05) is 30.3 Å². The van der Waals surface area contributed by atoms with Crippen LogP contribution in [0.1, 0.15) is 38.3 Å². The third-order valence-corrected chi connectivity index (χ3v) is 4.31. The Morgan fingerprint density at radius 1 is 0.938 bits per heavy atom. The van der Waals surface area contributed by atoms with Crippen molar-refractivity contribution in [3.05, 3.63) is 59.7 Å². The molecule has 0 unspecified atom stereocenters.